The van der Waals surface area contributed by atoms with Crippen LogP contribution in [0.1, 0.15) is 113 Å². The third-order valence-electron chi connectivity index (χ3n) is 15.4. The Morgan fingerprint density at radius 1 is 0.957 bits per heavy atom. The van der Waals surface area contributed by atoms with Crippen molar-refractivity contribution in [3.05, 3.63) is 89.0 Å². The first-order valence-electron chi connectivity index (χ1n) is 25.0. The normalized spacial score (nSPS) is 26.2. The molecule has 7 N–H and O–H groups in total. The van der Waals surface area contributed by atoms with Gasteiger partial charge in [-0.2, -0.15) is 0 Å². The number of aryl methyl sites for hydroxylation is 2. The van der Waals surface area contributed by atoms with Crippen LogP contribution in [-0.4, -0.2) is 123 Å². The van der Waals surface area contributed by atoms with Crippen molar-refractivity contribution in [2.45, 2.75) is 134 Å². The summed E-state index contributed by atoms with van der Waals surface area (Å²) in [6.45, 7) is 11.1. The van der Waals surface area contributed by atoms with Gasteiger partial charge in [0.1, 0.15) is 29.9 Å². The molecule has 2 heterocycles. The molecule has 4 fully saturated rings. The number of likely N-dealkylation sites (N-methyl/N-ethyl adjacent to an activating group) is 1. The summed E-state index contributed by atoms with van der Waals surface area (Å²) in [6, 6.07) is 15.5. The van der Waals surface area contributed by atoms with Crippen LogP contribution in [0.25, 0.3) is 11.1 Å². The number of phenols is 1. The van der Waals surface area contributed by atoms with E-state index in [1.807, 2.05) is 31.2 Å². The van der Waals surface area contributed by atoms with Crippen molar-refractivity contribution in [1.29, 1.82) is 0 Å². The van der Waals surface area contributed by atoms with Gasteiger partial charge in [-0.05, 0) is 154 Å². The van der Waals surface area contributed by atoms with Crippen molar-refractivity contribution in [3.63, 3.8) is 0 Å². The number of nitrogens with one attached hydrogen (secondary N) is 4. The quantitative estimate of drug-likeness (QED) is 0.0847. The Balaban J connectivity index is 1.04. The van der Waals surface area contributed by atoms with Gasteiger partial charge in [0.2, 0.25) is 23.6 Å². The number of hydrogen-bond acceptors (Lipinski definition) is 11. The van der Waals surface area contributed by atoms with E-state index < -0.39 is 72.4 Å². The molecule has 5 aliphatic rings. The van der Waals surface area contributed by atoms with Crippen molar-refractivity contribution in [1.82, 2.24) is 26.2 Å². The second-order valence-electron chi connectivity index (χ2n) is 20.5. The third kappa shape index (κ3) is 11.7. The highest BCUT2D eigenvalue weighted by Gasteiger charge is 2.68. The number of benzene rings is 3. The van der Waals surface area contributed by atoms with Gasteiger partial charge in [0.25, 0.3) is 5.91 Å². The molecule has 3 aliphatic carbocycles. The van der Waals surface area contributed by atoms with Crippen LogP contribution in [0.2, 0.25) is 0 Å². The number of nitrogens with zero attached hydrogens (tertiary/aromatic N) is 1. The van der Waals surface area contributed by atoms with Crippen molar-refractivity contribution < 1.29 is 47.9 Å². The minimum atomic E-state index is -1.29. The van der Waals surface area contributed by atoms with Crippen LogP contribution in [0.3, 0.4) is 0 Å². The standard InChI is InChI=1S/C53H73BN6O10/c1-32-47(62)59-42(49(64)57-33(2)54-69-45-30-40-29-44(52(40,3)4)53(45,5)70-54)31-68-27-11-13-38-28-39(23-24-43(38)61)46(50(65)56-32)60(6)51(66)41(14-8-9-25-55)58-48(63)37-21-19-36(20-22-37)35-17-15-34(16-18-35)12-10-26-67-7/h15-24,28,32-33,40-42,44-46,61H,8-14,25-27,29-31,55H2,1-7H3,(H,56,65)(H,57,64)(H,58,63)(H,59,62)/t32-,33-,40-,41-,42-,44-,45+,46-,53-/m0/s1. The maximum atomic E-state index is 14.7. The van der Waals surface area contributed by atoms with E-state index in [-0.39, 0.29) is 36.9 Å². The maximum Gasteiger partial charge on any atom is 0.481 e. The first-order valence-corrected chi connectivity index (χ1v) is 25.0. The highest BCUT2D eigenvalue weighted by atomic mass is 16.7. The molecule has 0 unspecified atom stereocenters. The van der Waals surface area contributed by atoms with E-state index in [1.54, 1.807) is 31.4 Å². The van der Waals surface area contributed by atoms with Gasteiger partial charge in [-0.25, -0.2) is 0 Å². The van der Waals surface area contributed by atoms with E-state index in [0.29, 0.717) is 67.4 Å². The number of carbonyl (C=O) groups is 5. The van der Waals surface area contributed by atoms with Crippen LogP contribution in [0.15, 0.2) is 66.7 Å². The number of rotatable bonds is 16. The minimum Gasteiger partial charge on any atom is -0.508 e. The number of aromatic hydroxyl groups is 1. The van der Waals surface area contributed by atoms with Gasteiger partial charge in [0.15, 0.2) is 0 Å². The lowest BCUT2D eigenvalue weighted by Crippen LogP contribution is -2.65. The number of fused-ring (bicyclic) bond motifs is 2. The molecule has 3 aromatic rings. The summed E-state index contributed by atoms with van der Waals surface area (Å²) in [5.74, 6) is -2.51. The molecule has 5 amide bonds. The first kappa shape index (κ1) is 52.5. The zero-order chi connectivity index (χ0) is 50.3. The molecule has 4 bridgehead atoms. The number of methoxy groups -OCH3 is 1. The second-order valence-corrected chi connectivity index (χ2v) is 20.5. The largest absolute Gasteiger partial charge is 0.508 e. The summed E-state index contributed by atoms with van der Waals surface area (Å²) < 4.78 is 24.1. The topological polar surface area (TPSA) is 220 Å². The number of hydrogen-bond donors (Lipinski definition) is 6. The van der Waals surface area contributed by atoms with Crippen LogP contribution in [0.4, 0.5) is 0 Å². The molecular formula is C53H73BN6O10. The van der Waals surface area contributed by atoms with Crippen molar-refractivity contribution in [2.75, 3.05) is 40.5 Å². The molecule has 17 heteroatoms. The minimum absolute atomic E-state index is 0.00335. The summed E-state index contributed by atoms with van der Waals surface area (Å²) in [4.78, 5) is 72.1. The Kier molecular flexibility index (Phi) is 17.1. The van der Waals surface area contributed by atoms with Crippen molar-refractivity contribution in [3.8, 4) is 16.9 Å². The molecule has 3 saturated carbocycles. The zero-order valence-electron chi connectivity index (χ0n) is 41.9. The Morgan fingerprint density at radius 3 is 2.36 bits per heavy atom. The van der Waals surface area contributed by atoms with Gasteiger partial charge in [0, 0.05) is 32.9 Å². The Hall–Kier alpha value is -5.33. The van der Waals surface area contributed by atoms with Crippen LogP contribution in [0.5, 0.6) is 5.75 Å². The summed E-state index contributed by atoms with van der Waals surface area (Å²) in [5.41, 5.74) is 9.91. The lowest BCUT2D eigenvalue weighted by atomic mass is 9.43. The van der Waals surface area contributed by atoms with Gasteiger partial charge in [-0.3, -0.25) is 24.0 Å². The van der Waals surface area contributed by atoms with E-state index in [1.165, 1.54) is 30.5 Å². The molecule has 378 valence electrons. The average molecular weight is 965 g/mol. The van der Waals surface area contributed by atoms with Crippen LogP contribution >= 0.6 is 0 Å². The maximum absolute atomic E-state index is 14.7. The smallest absolute Gasteiger partial charge is 0.481 e. The van der Waals surface area contributed by atoms with Crippen LogP contribution in [0, 0.1) is 17.3 Å². The highest BCUT2D eigenvalue weighted by molar-refractivity contribution is 6.47. The Morgan fingerprint density at radius 2 is 1.67 bits per heavy atom. The second kappa shape index (κ2) is 22.8. The van der Waals surface area contributed by atoms with Crippen LogP contribution in [-0.2, 0) is 50.8 Å². The van der Waals surface area contributed by atoms with E-state index in [4.69, 9.17) is 24.5 Å². The molecule has 1 saturated heterocycles. The SMILES string of the molecule is COCCCc1ccc(-c2ccc(C(=O)N[C@@H](CCCCN)C(=O)N(C)[C@@H]3C(=O)N[C@@H](C)C(=O)N[C@H](C(=O)N[C@@H](C)B4O[C@@H]5C[C@@H]6C[C@@H](C6(C)C)[C@]5(C)O4)COCCCc4cc3ccc4O)cc2)cc1. The van der Waals surface area contributed by atoms with Gasteiger partial charge in [-0.1, -0.05) is 56.3 Å². The fourth-order valence-corrected chi connectivity index (χ4v) is 10.9. The predicted molar refractivity (Wildman–Crippen MR) is 266 cm³/mol. The summed E-state index contributed by atoms with van der Waals surface area (Å²) >= 11 is 0. The molecule has 16 nitrogen and oxygen atoms in total. The van der Waals surface area contributed by atoms with Crippen LogP contribution < -0.4 is 27.0 Å². The number of unbranched alkanes of at least 4 members (excludes halogenated alkanes) is 1. The fourth-order valence-electron chi connectivity index (χ4n) is 10.9. The molecule has 0 radical (unpaired) electrons. The molecule has 0 aromatic heterocycles. The molecule has 8 rings (SSSR count). The number of carbonyl (C=O) groups excluding carboxylic acids is 5. The average Bonchev–Trinajstić information content (AvgIpc) is 3.71. The molecule has 0 spiro atoms. The van der Waals surface area contributed by atoms with E-state index in [9.17, 15) is 29.1 Å². The predicted octanol–water partition coefficient (Wildman–Crippen LogP) is 4.79. The number of nitrogens with two attached hydrogens (primary N) is 1. The third-order valence-corrected chi connectivity index (χ3v) is 15.4. The summed E-state index contributed by atoms with van der Waals surface area (Å²) in [5, 5.41) is 22.4. The molecular weight excluding hydrogens is 891 g/mol. The van der Waals surface area contributed by atoms with Crippen molar-refractivity contribution in [2.24, 2.45) is 23.0 Å². The van der Waals surface area contributed by atoms with E-state index in [0.717, 1.165) is 36.8 Å². The first-order chi connectivity index (χ1) is 33.4. The lowest BCUT2D eigenvalue weighted by Gasteiger charge is -2.64. The monoisotopic (exact) mass is 965 g/mol. The molecule has 70 heavy (non-hydrogen) atoms. The summed E-state index contributed by atoms with van der Waals surface area (Å²) in [6.07, 6.45) is 5.89. The highest BCUT2D eigenvalue weighted by Crippen LogP contribution is 2.65. The number of amides is 5. The number of phenolic OH excluding ortho intramolecular Hbond substituents is 1. The summed E-state index contributed by atoms with van der Waals surface area (Å²) in [7, 11) is 2.49. The van der Waals surface area contributed by atoms with Crippen molar-refractivity contribution >= 4 is 36.7 Å². The zero-order valence-corrected chi connectivity index (χ0v) is 41.9. The van der Waals surface area contributed by atoms with E-state index in [2.05, 4.69) is 54.2 Å². The molecule has 2 aliphatic heterocycles. The Bertz CT molecular complexity index is 2330. The Labute approximate surface area is 413 Å². The van der Waals surface area contributed by atoms with Gasteiger partial charge in [-0.15, -0.1) is 0 Å². The van der Waals surface area contributed by atoms with E-state index >= 15 is 0 Å². The lowest BCUT2D eigenvalue weighted by molar-refractivity contribution is -0.199. The molecule has 9 atom stereocenters. The van der Waals surface area contributed by atoms with Gasteiger partial charge in [0.05, 0.1) is 24.3 Å². The number of ether oxygens (including phenoxy) is 2. The van der Waals surface area contributed by atoms with Gasteiger partial charge >= 0.3 is 7.12 Å². The molecule has 3 aromatic carbocycles. The van der Waals surface area contributed by atoms with Gasteiger partial charge < -0.3 is 55.8 Å². The fraction of sp³-hybridized carbons (Fsp3) is 0.566.